The van der Waals surface area contributed by atoms with Crippen molar-refractivity contribution in [2.45, 2.75) is 19.9 Å². The molecule has 0 bridgehead atoms. The number of aliphatic hydroxyl groups excluding tert-OH is 1. The first-order valence-corrected chi connectivity index (χ1v) is 7.23. The standard InChI is InChI=1S/C17H25NO3/c1-4-18(10-12-20-2)14-16-13-15(7-5-6-11-19)8-9-17(16)21-3/h8-9,13,19H,4,6,10-12,14H2,1-3H3. The molecular weight excluding hydrogens is 266 g/mol. The lowest BCUT2D eigenvalue weighted by molar-refractivity contribution is 0.147. The van der Waals surface area contributed by atoms with Crippen LogP contribution in [-0.2, 0) is 11.3 Å². The van der Waals surface area contributed by atoms with Gasteiger partial charge in [0.2, 0.25) is 0 Å². The largest absolute Gasteiger partial charge is 0.496 e. The Labute approximate surface area is 127 Å². The molecule has 0 radical (unpaired) electrons. The Morgan fingerprint density at radius 2 is 2.10 bits per heavy atom. The molecule has 0 spiro atoms. The summed E-state index contributed by atoms with van der Waals surface area (Å²) < 4.78 is 10.6. The molecule has 1 aromatic carbocycles. The zero-order chi connectivity index (χ0) is 15.5. The molecular formula is C17H25NO3. The van der Waals surface area contributed by atoms with Crippen molar-refractivity contribution in [2.75, 3.05) is 40.5 Å². The van der Waals surface area contributed by atoms with Crippen molar-refractivity contribution in [1.82, 2.24) is 4.90 Å². The van der Waals surface area contributed by atoms with Crippen molar-refractivity contribution in [3.63, 3.8) is 0 Å². The van der Waals surface area contributed by atoms with Crippen molar-refractivity contribution in [2.24, 2.45) is 0 Å². The highest BCUT2D eigenvalue weighted by atomic mass is 16.5. The van der Waals surface area contributed by atoms with Gasteiger partial charge in [0.1, 0.15) is 5.75 Å². The highest BCUT2D eigenvalue weighted by Gasteiger charge is 2.09. The van der Waals surface area contributed by atoms with Crippen LogP contribution >= 0.6 is 0 Å². The van der Waals surface area contributed by atoms with E-state index < -0.39 is 0 Å². The van der Waals surface area contributed by atoms with Crippen LogP contribution in [0.1, 0.15) is 24.5 Å². The zero-order valence-electron chi connectivity index (χ0n) is 13.2. The molecule has 4 heteroatoms. The molecule has 0 aromatic heterocycles. The van der Waals surface area contributed by atoms with Gasteiger partial charge in [-0.15, -0.1) is 0 Å². The van der Waals surface area contributed by atoms with E-state index in [9.17, 15) is 0 Å². The molecule has 0 fully saturated rings. The molecule has 0 aliphatic rings. The average molecular weight is 291 g/mol. The van der Waals surface area contributed by atoms with Gasteiger partial charge in [0.25, 0.3) is 0 Å². The fraction of sp³-hybridized carbons (Fsp3) is 0.529. The number of ether oxygens (including phenoxy) is 2. The SMILES string of the molecule is CCN(CCOC)Cc1cc(C#CCCO)ccc1OC. The van der Waals surface area contributed by atoms with Crippen LogP contribution in [0.25, 0.3) is 0 Å². The van der Waals surface area contributed by atoms with Crippen LogP contribution < -0.4 is 4.74 Å². The van der Waals surface area contributed by atoms with E-state index in [2.05, 4.69) is 29.7 Å². The van der Waals surface area contributed by atoms with Crippen LogP contribution in [0.15, 0.2) is 18.2 Å². The van der Waals surface area contributed by atoms with Crippen LogP contribution in [0, 0.1) is 11.8 Å². The van der Waals surface area contributed by atoms with Gasteiger partial charge in [0.15, 0.2) is 0 Å². The van der Waals surface area contributed by atoms with Crippen LogP contribution in [0.5, 0.6) is 5.75 Å². The molecule has 4 nitrogen and oxygen atoms in total. The third-order valence-electron chi connectivity index (χ3n) is 3.20. The summed E-state index contributed by atoms with van der Waals surface area (Å²) in [5.74, 6) is 6.88. The quantitative estimate of drug-likeness (QED) is 0.743. The minimum atomic E-state index is 0.0939. The van der Waals surface area contributed by atoms with E-state index in [1.807, 2.05) is 12.1 Å². The van der Waals surface area contributed by atoms with Crippen molar-refractivity contribution < 1.29 is 14.6 Å². The van der Waals surface area contributed by atoms with E-state index in [1.54, 1.807) is 14.2 Å². The normalized spacial score (nSPS) is 10.3. The molecule has 116 valence electrons. The first kappa shape index (κ1) is 17.5. The van der Waals surface area contributed by atoms with E-state index in [4.69, 9.17) is 14.6 Å². The highest BCUT2D eigenvalue weighted by molar-refractivity contribution is 5.44. The molecule has 0 amide bonds. The van der Waals surface area contributed by atoms with E-state index in [1.165, 1.54) is 0 Å². The predicted octanol–water partition coefficient (Wildman–Crippen LogP) is 1.90. The lowest BCUT2D eigenvalue weighted by atomic mass is 10.1. The maximum absolute atomic E-state index is 8.77. The summed E-state index contributed by atoms with van der Waals surface area (Å²) in [5.41, 5.74) is 2.06. The summed E-state index contributed by atoms with van der Waals surface area (Å²) in [7, 11) is 3.40. The molecule has 1 aromatic rings. The van der Waals surface area contributed by atoms with Gasteiger partial charge < -0.3 is 14.6 Å². The Morgan fingerprint density at radius 3 is 2.71 bits per heavy atom. The number of nitrogens with zero attached hydrogens (tertiary/aromatic N) is 1. The molecule has 1 rings (SSSR count). The van der Waals surface area contributed by atoms with Gasteiger partial charge in [-0.3, -0.25) is 4.90 Å². The molecule has 21 heavy (non-hydrogen) atoms. The van der Waals surface area contributed by atoms with Crippen molar-refractivity contribution >= 4 is 0 Å². The minimum Gasteiger partial charge on any atom is -0.496 e. The summed E-state index contributed by atoms with van der Waals surface area (Å²) in [6.45, 7) is 5.58. The molecule has 0 atom stereocenters. The van der Waals surface area contributed by atoms with E-state index in [0.29, 0.717) is 13.0 Å². The average Bonchev–Trinajstić information content (AvgIpc) is 2.52. The summed E-state index contributed by atoms with van der Waals surface area (Å²) in [6.07, 6.45) is 0.496. The Bertz CT molecular complexity index is 477. The monoisotopic (exact) mass is 291 g/mol. The summed E-state index contributed by atoms with van der Waals surface area (Å²) in [6, 6.07) is 5.94. The lowest BCUT2D eigenvalue weighted by Crippen LogP contribution is -2.26. The van der Waals surface area contributed by atoms with Gasteiger partial charge in [0.05, 0.1) is 20.3 Å². The second kappa shape index (κ2) is 10.2. The Balaban J connectivity index is 2.86. The van der Waals surface area contributed by atoms with Crippen LogP contribution in [0.3, 0.4) is 0 Å². The fourth-order valence-electron chi connectivity index (χ4n) is 2.01. The molecule has 0 heterocycles. The lowest BCUT2D eigenvalue weighted by Gasteiger charge is -2.21. The zero-order valence-corrected chi connectivity index (χ0v) is 13.2. The van der Waals surface area contributed by atoms with Gasteiger partial charge >= 0.3 is 0 Å². The number of rotatable bonds is 8. The Morgan fingerprint density at radius 1 is 1.29 bits per heavy atom. The van der Waals surface area contributed by atoms with E-state index in [0.717, 1.165) is 36.5 Å². The number of hydrogen-bond donors (Lipinski definition) is 1. The number of aliphatic hydroxyl groups is 1. The van der Waals surface area contributed by atoms with Crippen molar-refractivity contribution in [3.8, 4) is 17.6 Å². The van der Waals surface area contributed by atoms with Crippen LogP contribution in [0.4, 0.5) is 0 Å². The molecule has 1 N–H and O–H groups in total. The van der Waals surface area contributed by atoms with Gasteiger partial charge in [-0.1, -0.05) is 18.8 Å². The number of benzene rings is 1. The summed E-state index contributed by atoms with van der Waals surface area (Å²) >= 11 is 0. The molecule has 0 saturated carbocycles. The minimum absolute atomic E-state index is 0.0939. The molecule has 0 unspecified atom stereocenters. The number of likely N-dealkylation sites (N-methyl/N-ethyl adjacent to an activating group) is 1. The van der Waals surface area contributed by atoms with Crippen LogP contribution in [-0.4, -0.2) is 50.5 Å². The first-order chi connectivity index (χ1) is 10.2. The smallest absolute Gasteiger partial charge is 0.123 e. The molecule has 0 saturated heterocycles. The predicted molar refractivity (Wildman–Crippen MR) is 84.4 cm³/mol. The first-order valence-electron chi connectivity index (χ1n) is 7.23. The third kappa shape index (κ3) is 6.17. The Kier molecular flexibility index (Phi) is 8.53. The summed E-state index contributed by atoms with van der Waals surface area (Å²) in [4.78, 5) is 2.30. The number of methoxy groups -OCH3 is 2. The van der Waals surface area contributed by atoms with Gasteiger partial charge in [-0.05, 0) is 24.7 Å². The van der Waals surface area contributed by atoms with Crippen molar-refractivity contribution in [1.29, 1.82) is 0 Å². The number of hydrogen-bond acceptors (Lipinski definition) is 4. The topological polar surface area (TPSA) is 41.9 Å². The third-order valence-corrected chi connectivity index (χ3v) is 3.20. The Hall–Kier alpha value is -1.54. The maximum atomic E-state index is 8.77. The van der Waals surface area contributed by atoms with Gasteiger partial charge in [-0.2, -0.15) is 0 Å². The van der Waals surface area contributed by atoms with Crippen molar-refractivity contribution in [3.05, 3.63) is 29.3 Å². The van der Waals surface area contributed by atoms with Gasteiger partial charge in [-0.25, -0.2) is 0 Å². The van der Waals surface area contributed by atoms with Crippen LogP contribution in [0.2, 0.25) is 0 Å². The highest BCUT2D eigenvalue weighted by Crippen LogP contribution is 2.21. The maximum Gasteiger partial charge on any atom is 0.123 e. The second-order valence-corrected chi connectivity index (χ2v) is 4.66. The summed E-state index contributed by atoms with van der Waals surface area (Å²) in [5, 5.41) is 8.77. The van der Waals surface area contributed by atoms with E-state index >= 15 is 0 Å². The molecule has 0 aliphatic carbocycles. The van der Waals surface area contributed by atoms with E-state index in [-0.39, 0.29) is 6.61 Å². The van der Waals surface area contributed by atoms with Gasteiger partial charge in [0, 0.05) is 37.7 Å². The second-order valence-electron chi connectivity index (χ2n) is 4.66. The molecule has 0 aliphatic heterocycles. The fourth-order valence-corrected chi connectivity index (χ4v) is 2.01.